The SMILES string of the molecule is Cc1cc(C)c2c(c1)OC[C@@H]2CC(=O)O. The van der Waals surface area contributed by atoms with Gasteiger partial charge in [0.25, 0.3) is 0 Å². The van der Waals surface area contributed by atoms with E-state index in [4.69, 9.17) is 9.84 Å². The molecule has 0 radical (unpaired) electrons. The van der Waals surface area contributed by atoms with Gasteiger partial charge in [-0.2, -0.15) is 0 Å². The van der Waals surface area contributed by atoms with Gasteiger partial charge in [0, 0.05) is 11.5 Å². The van der Waals surface area contributed by atoms with Crippen LogP contribution in [0.15, 0.2) is 12.1 Å². The van der Waals surface area contributed by atoms with Crippen molar-refractivity contribution in [3.8, 4) is 5.75 Å². The number of hydrogen-bond donors (Lipinski definition) is 1. The van der Waals surface area contributed by atoms with Gasteiger partial charge < -0.3 is 9.84 Å². The number of carboxylic acids is 1. The maximum Gasteiger partial charge on any atom is 0.304 e. The van der Waals surface area contributed by atoms with Crippen molar-refractivity contribution in [3.05, 3.63) is 28.8 Å². The monoisotopic (exact) mass is 206 g/mol. The highest BCUT2D eigenvalue weighted by molar-refractivity contribution is 5.69. The summed E-state index contributed by atoms with van der Waals surface area (Å²) < 4.78 is 5.51. The number of rotatable bonds is 2. The van der Waals surface area contributed by atoms with Crippen LogP contribution in [0.1, 0.15) is 29.0 Å². The third-order valence-corrected chi connectivity index (χ3v) is 2.76. The molecule has 1 aliphatic heterocycles. The van der Waals surface area contributed by atoms with Crippen LogP contribution in [-0.2, 0) is 4.79 Å². The van der Waals surface area contributed by atoms with Crippen molar-refractivity contribution in [1.82, 2.24) is 0 Å². The quantitative estimate of drug-likeness (QED) is 0.807. The zero-order valence-corrected chi connectivity index (χ0v) is 8.91. The highest BCUT2D eigenvalue weighted by atomic mass is 16.5. The lowest BCUT2D eigenvalue weighted by Crippen LogP contribution is -2.08. The molecule has 1 atom stereocenters. The molecule has 3 heteroatoms. The summed E-state index contributed by atoms with van der Waals surface area (Å²) in [6, 6.07) is 4.05. The summed E-state index contributed by atoms with van der Waals surface area (Å²) in [4.78, 5) is 10.7. The van der Waals surface area contributed by atoms with E-state index in [2.05, 4.69) is 6.07 Å². The van der Waals surface area contributed by atoms with Crippen LogP contribution >= 0.6 is 0 Å². The molecule has 0 amide bonds. The Bertz CT molecular complexity index is 410. The Morgan fingerprint density at radius 1 is 1.53 bits per heavy atom. The first-order valence-electron chi connectivity index (χ1n) is 5.03. The molecule has 15 heavy (non-hydrogen) atoms. The van der Waals surface area contributed by atoms with Crippen LogP contribution in [0.5, 0.6) is 5.75 Å². The average molecular weight is 206 g/mol. The summed E-state index contributed by atoms with van der Waals surface area (Å²) in [6.07, 6.45) is 0.150. The van der Waals surface area contributed by atoms with Crippen molar-refractivity contribution in [1.29, 1.82) is 0 Å². The van der Waals surface area contributed by atoms with Crippen molar-refractivity contribution in [2.75, 3.05) is 6.61 Å². The van der Waals surface area contributed by atoms with E-state index in [-0.39, 0.29) is 12.3 Å². The normalized spacial score (nSPS) is 18.4. The molecule has 0 aliphatic carbocycles. The molecular formula is C12H14O3. The van der Waals surface area contributed by atoms with E-state index in [1.807, 2.05) is 19.9 Å². The summed E-state index contributed by atoms with van der Waals surface area (Å²) in [6.45, 7) is 4.52. The topological polar surface area (TPSA) is 46.5 Å². The van der Waals surface area contributed by atoms with Gasteiger partial charge in [-0.3, -0.25) is 4.79 Å². The second-order valence-electron chi connectivity index (χ2n) is 4.10. The van der Waals surface area contributed by atoms with Crippen molar-refractivity contribution in [2.24, 2.45) is 0 Å². The van der Waals surface area contributed by atoms with Crippen LogP contribution in [-0.4, -0.2) is 17.7 Å². The molecular weight excluding hydrogens is 192 g/mol. The molecule has 1 N–H and O–H groups in total. The largest absolute Gasteiger partial charge is 0.493 e. The smallest absolute Gasteiger partial charge is 0.304 e. The number of benzene rings is 1. The van der Waals surface area contributed by atoms with Crippen LogP contribution in [0.25, 0.3) is 0 Å². The fourth-order valence-electron chi connectivity index (χ4n) is 2.23. The molecule has 0 spiro atoms. The van der Waals surface area contributed by atoms with Gasteiger partial charge in [-0.05, 0) is 31.0 Å². The number of carbonyl (C=O) groups is 1. The van der Waals surface area contributed by atoms with Crippen LogP contribution in [0.2, 0.25) is 0 Å². The first-order chi connectivity index (χ1) is 7.08. The number of fused-ring (bicyclic) bond motifs is 1. The van der Waals surface area contributed by atoms with Gasteiger partial charge in [-0.15, -0.1) is 0 Å². The molecule has 0 bridgehead atoms. The van der Waals surface area contributed by atoms with Gasteiger partial charge in [0.15, 0.2) is 0 Å². The summed E-state index contributed by atoms with van der Waals surface area (Å²) in [7, 11) is 0. The summed E-state index contributed by atoms with van der Waals surface area (Å²) >= 11 is 0. The fraction of sp³-hybridized carbons (Fsp3) is 0.417. The summed E-state index contributed by atoms with van der Waals surface area (Å²) in [5, 5.41) is 8.79. The first-order valence-corrected chi connectivity index (χ1v) is 5.03. The molecule has 0 saturated carbocycles. The second kappa shape index (κ2) is 3.57. The van der Waals surface area contributed by atoms with E-state index in [1.54, 1.807) is 0 Å². The molecule has 1 aliphatic rings. The lowest BCUT2D eigenvalue weighted by Gasteiger charge is -2.09. The average Bonchev–Trinajstić information content (AvgIpc) is 2.46. The summed E-state index contributed by atoms with van der Waals surface area (Å²) in [5.74, 6) is 0.105. The van der Waals surface area contributed by atoms with Gasteiger partial charge in [0.1, 0.15) is 5.75 Å². The van der Waals surface area contributed by atoms with Gasteiger partial charge in [-0.25, -0.2) is 0 Å². The third kappa shape index (κ3) is 1.82. The Hall–Kier alpha value is -1.51. The number of aliphatic carboxylic acids is 1. The Labute approximate surface area is 88.7 Å². The van der Waals surface area contributed by atoms with E-state index in [1.165, 1.54) is 0 Å². The van der Waals surface area contributed by atoms with E-state index in [0.717, 1.165) is 22.4 Å². The molecule has 80 valence electrons. The minimum Gasteiger partial charge on any atom is -0.493 e. The predicted octanol–water partition coefficient (Wildman–Crippen LogP) is 2.25. The molecule has 1 aromatic carbocycles. The Morgan fingerprint density at radius 2 is 2.27 bits per heavy atom. The number of ether oxygens (including phenoxy) is 1. The molecule has 0 saturated heterocycles. The van der Waals surface area contributed by atoms with Crippen molar-refractivity contribution in [2.45, 2.75) is 26.2 Å². The second-order valence-corrected chi connectivity index (χ2v) is 4.10. The maximum atomic E-state index is 10.7. The van der Waals surface area contributed by atoms with Crippen molar-refractivity contribution in [3.63, 3.8) is 0 Å². The minimum atomic E-state index is -0.767. The third-order valence-electron chi connectivity index (χ3n) is 2.76. The van der Waals surface area contributed by atoms with E-state index < -0.39 is 5.97 Å². The predicted molar refractivity (Wildman–Crippen MR) is 56.4 cm³/mol. The van der Waals surface area contributed by atoms with E-state index >= 15 is 0 Å². The lowest BCUT2D eigenvalue weighted by molar-refractivity contribution is -0.137. The molecule has 3 nitrogen and oxygen atoms in total. The fourth-order valence-corrected chi connectivity index (χ4v) is 2.23. The van der Waals surface area contributed by atoms with Crippen LogP contribution in [0, 0.1) is 13.8 Å². The molecule has 1 heterocycles. The number of carboxylic acid groups (broad SMARTS) is 1. The summed E-state index contributed by atoms with van der Waals surface area (Å²) in [5.41, 5.74) is 3.36. The van der Waals surface area contributed by atoms with Gasteiger partial charge in [0.05, 0.1) is 13.0 Å². The number of hydrogen-bond acceptors (Lipinski definition) is 2. The van der Waals surface area contributed by atoms with E-state index in [9.17, 15) is 4.79 Å². The number of aryl methyl sites for hydroxylation is 2. The van der Waals surface area contributed by atoms with Crippen LogP contribution < -0.4 is 4.74 Å². The Kier molecular flexibility index (Phi) is 2.39. The van der Waals surface area contributed by atoms with Crippen LogP contribution in [0.4, 0.5) is 0 Å². The zero-order valence-electron chi connectivity index (χ0n) is 8.91. The molecule has 1 aromatic rings. The lowest BCUT2D eigenvalue weighted by atomic mass is 9.93. The van der Waals surface area contributed by atoms with Gasteiger partial charge in [-0.1, -0.05) is 6.07 Å². The zero-order chi connectivity index (χ0) is 11.0. The first kappa shape index (κ1) is 10.0. The highest BCUT2D eigenvalue weighted by Gasteiger charge is 2.27. The highest BCUT2D eigenvalue weighted by Crippen LogP contribution is 2.38. The maximum absolute atomic E-state index is 10.7. The Morgan fingerprint density at radius 3 is 2.93 bits per heavy atom. The van der Waals surface area contributed by atoms with Gasteiger partial charge >= 0.3 is 5.97 Å². The Balaban J connectivity index is 2.37. The standard InChI is InChI=1S/C12H14O3/c1-7-3-8(2)12-9(5-11(13)14)6-15-10(12)4-7/h3-4,9H,5-6H2,1-2H3,(H,13,14)/t9-/m0/s1. The molecule has 0 unspecified atom stereocenters. The molecule has 0 aromatic heterocycles. The minimum absolute atomic E-state index is 0.0121. The molecule has 2 rings (SSSR count). The van der Waals surface area contributed by atoms with Gasteiger partial charge in [0.2, 0.25) is 0 Å². The van der Waals surface area contributed by atoms with Crippen molar-refractivity contribution < 1.29 is 14.6 Å². The molecule has 0 fully saturated rings. The van der Waals surface area contributed by atoms with E-state index in [0.29, 0.717) is 6.61 Å². The van der Waals surface area contributed by atoms with Crippen molar-refractivity contribution >= 4 is 5.97 Å². The van der Waals surface area contributed by atoms with Crippen LogP contribution in [0.3, 0.4) is 0 Å².